The van der Waals surface area contributed by atoms with Crippen LogP contribution in [0.2, 0.25) is 0 Å². The minimum absolute atomic E-state index is 0.0999. The van der Waals surface area contributed by atoms with Crippen LogP contribution in [-0.4, -0.2) is 185 Å². The number of hydrogen-bond acceptors (Lipinski definition) is 18. The van der Waals surface area contributed by atoms with Crippen molar-refractivity contribution in [3.63, 3.8) is 0 Å². The van der Waals surface area contributed by atoms with E-state index in [9.17, 15) is 70.6 Å². The van der Waals surface area contributed by atoms with Crippen molar-refractivity contribution in [1.82, 2.24) is 5.32 Å². The Labute approximate surface area is 243 Å². The number of aliphatic carboxylic acids is 1. The summed E-state index contributed by atoms with van der Waals surface area (Å²) in [5.74, 6) is -5.47. The molecule has 0 aliphatic carbocycles. The molecule has 0 spiro atoms. The molecule has 0 bridgehead atoms. The average molecular weight is 633 g/mol. The molecule has 0 saturated carbocycles. The van der Waals surface area contributed by atoms with E-state index in [-0.39, 0.29) is 6.29 Å². The van der Waals surface area contributed by atoms with Crippen molar-refractivity contribution in [2.24, 2.45) is 5.73 Å². The van der Waals surface area contributed by atoms with E-state index in [1.54, 1.807) is 0 Å². The van der Waals surface area contributed by atoms with Crippen LogP contribution in [-0.2, 0) is 33.3 Å². The van der Waals surface area contributed by atoms with Gasteiger partial charge in [0.25, 0.3) is 5.79 Å². The number of carbonyl (C=O) groups excluding carboxylic acids is 2. The van der Waals surface area contributed by atoms with Crippen LogP contribution in [0.3, 0.4) is 0 Å². The first-order valence-corrected chi connectivity index (χ1v) is 13.0. The maximum atomic E-state index is 12.3. The Morgan fingerprint density at radius 2 is 1.65 bits per heavy atom. The lowest BCUT2D eigenvalue weighted by Crippen LogP contribution is -2.68. The van der Waals surface area contributed by atoms with Crippen molar-refractivity contribution in [3.8, 4) is 0 Å². The first-order chi connectivity index (χ1) is 20.0. The van der Waals surface area contributed by atoms with Crippen LogP contribution in [0.4, 0.5) is 0 Å². The maximum absolute atomic E-state index is 12.3. The topological polar surface area (TPSA) is 349 Å². The maximum Gasteiger partial charge on any atom is 0.364 e. The lowest BCUT2D eigenvalue weighted by Gasteiger charge is -2.47. The normalized spacial score (nSPS) is 37.4. The molecule has 20 nitrogen and oxygen atoms in total. The minimum Gasteiger partial charge on any atom is -0.477 e. The van der Waals surface area contributed by atoms with Gasteiger partial charge in [0.15, 0.2) is 6.29 Å². The van der Waals surface area contributed by atoms with Gasteiger partial charge in [-0.05, 0) is 0 Å². The van der Waals surface area contributed by atoms with Crippen LogP contribution in [0.5, 0.6) is 0 Å². The highest BCUT2D eigenvalue weighted by Gasteiger charge is 2.57. The van der Waals surface area contributed by atoms with E-state index in [4.69, 9.17) is 24.7 Å². The van der Waals surface area contributed by atoms with Gasteiger partial charge in [-0.3, -0.25) is 4.79 Å². The van der Waals surface area contributed by atoms with Gasteiger partial charge in [-0.25, -0.2) is 4.79 Å². The molecule has 2 fully saturated rings. The molecule has 0 aromatic heterocycles. The SMILES string of the molecule is CC(=O)N[C@H]1[C@H]([C@H](O)[C@H](O)CO)O[C@@](OC[C@H]2O[C@@H](O[C@@H]([C@H](O)[C@@H](N)C=O)[C@H](O)CO)[C@H](O)[C@@H](O)[C@H]2O)(C(=O)O)C[C@@H]1O. The molecule has 250 valence electrons. The van der Waals surface area contributed by atoms with Crippen LogP contribution >= 0.6 is 0 Å². The van der Waals surface area contributed by atoms with Gasteiger partial charge in [0, 0.05) is 13.3 Å². The third-order valence-corrected chi connectivity index (χ3v) is 7.08. The highest BCUT2D eigenvalue weighted by molar-refractivity contribution is 5.76. The van der Waals surface area contributed by atoms with E-state index in [0.717, 1.165) is 6.92 Å². The van der Waals surface area contributed by atoms with Crippen molar-refractivity contribution in [3.05, 3.63) is 0 Å². The van der Waals surface area contributed by atoms with Crippen LogP contribution in [0.1, 0.15) is 13.3 Å². The molecule has 2 saturated heterocycles. The summed E-state index contributed by atoms with van der Waals surface area (Å²) in [6.07, 6.45) is -24.1. The zero-order chi connectivity index (χ0) is 32.8. The number of carbonyl (C=O) groups is 3. The second-order valence-electron chi connectivity index (χ2n) is 10.3. The number of aldehydes is 1. The molecule has 1 amide bonds. The lowest BCUT2D eigenvalue weighted by molar-refractivity contribution is -0.348. The van der Waals surface area contributed by atoms with E-state index in [0.29, 0.717) is 0 Å². The molecule has 15 atom stereocenters. The molecule has 0 aromatic carbocycles. The summed E-state index contributed by atoms with van der Waals surface area (Å²) in [6.45, 7) is -1.99. The minimum atomic E-state index is -2.85. The van der Waals surface area contributed by atoms with Crippen LogP contribution in [0.25, 0.3) is 0 Å². The Bertz CT molecular complexity index is 931. The van der Waals surface area contributed by atoms with Crippen LogP contribution in [0.15, 0.2) is 0 Å². The number of amides is 1. The molecule has 2 aliphatic rings. The van der Waals surface area contributed by atoms with Gasteiger partial charge in [0.1, 0.15) is 67.3 Å². The second-order valence-corrected chi connectivity index (χ2v) is 10.3. The fourth-order valence-electron chi connectivity index (χ4n) is 4.62. The van der Waals surface area contributed by atoms with E-state index in [1.807, 2.05) is 0 Å². The number of carboxylic acid groups (broad SMARTS) is 1. The summed E-state index contributed by atoms with van der Waals surface area (Å²) in [4.78, 5) is 35.0. The summed E-state index contributed by atoms with van der Waals surface area (Å²) < 4.78 is 21.5. The monoisotopic (exact) mass is 632 g/mol. The number of rotatable bonds is 15. The van der Waals surface area contributed by atoms with Gasteiger partial charge in [0.05, 0.1) is 38.0 Å². The molecule has 0 aromatic rings. The van der Waals surface area contributed by atoms with E-state index >= 15 is 0 Å². The van der Waals surface area contributed by atoms with Crippen molar-refractivity contribution in [1.29, 1.82) is 0 Å². The third kappa shape index (κ3) is 8.59. The first kappa shape index (κ1) is 37.2. The third-order valence-electron chi connectivity index (χ3n) is 7.08. The number of nitrogens with one attached hydrogen (secondary N) is 1. The molecular formula is C23H40N2O18. The number of ether oxygens (including phenoxy) is 4. The predicted octanol–water partition coefficient (Wildman–Crippen LogP) is -8.41. The van der Waals surface area contributed by atoms with Gasteiger partial charge in [-0.2, -0.15) is 0 Å². The zero-order valence-corrected chi connectivity index (χ0v) is 22.8. The Kier molecular flexibility index (Phi) is 13.7. The quantitative estimate of drug-likeness (QED) is 0.0745. The van der Waals surface area contributed by atoms with Gasteiger partial charge < -0.3 is 91.0 Å². The summed E-state index contributed by atoms with van der Waals surface area (Å²) in [5.41, 5.74) is 5.44. The Balaban J connectivity index is 2.33. The van der Waals surface area contributed by atoms with Gasteiger partial charge in [0.2, 0.25) is 5.91 Å². The fourth-order valence-corrected chi connectivity index (χ4v) is 4.62. The molecule has 0 radical (unpaired) electrons. The summed E-state index contributed by atoms with van der Waals surface area (Å²) >= 11 is 0. The summed E-state index contributed by atoms with van der Waals surface area (Å²) in [5, 5.41) is 113. The van der Waals surface area contributed by atoms with Crippen molar-refractivity contribution < 1.29 is 89.5 Å². The van der Waals surface area contributed by atoms with E-state index in [1.165, 1.54) is 0 Å². The number of aliphatic hydroxyl groups is 10. The largest absolute Gasteiger partial charge is 0.477 e. The fraction of sp³-hybridized carbons (Fsp3) is 0.870. The van der Waals surface area contributed by atoms with Crippen LogP contribution in [0, 0.1) is 0 Å². The number of aliphatic hydroxyl groups excluding tert-OH is 10. The van der Waals surface area contributed by atoms with E-state index < -0.39 is 129 Å². The zero-order valence-electron chi connectivity index (χ0n) is 22.8. The first-order valence-electron chi connectivity index (χ1n) is 13.0. The summed E-state index contributed by atoms with van der Waals surface area (Å²) in [7, 11) is 0. The number of hydrogen-bond donors (Lipinski definition) is 13. The number of nitrogens with two attached hydrogens (primary N) is 1. The van der Waals surface area contributed by atoms with Crippen molar-refractivity contribution >= 4 is 18.2 Å². The standard InChI is InChI=1S/C23H40N2O18/c1-7(29)25-13-9(30)2-23(22(38)39,43-20(13)15(34)10(31)4-27)40-6-12-16(35)17(36)18(37)21(41-12)42-19(11(32)5-28)14(33)8(24)3-26/h3,8-21,27-28,30-37H,2,4-6,24H2,1H3,(H,25,29)(H,38,39)/t8-,9-,10+,11+,12+,13+,14+,15+,16-,17-,18+,19+,20+,21-,23+/m0/s1. The molecule has 0 unspecified atom stereocenters. The van der Waals surface area contributed by atoms with Crippen LogP contribution < -0.4 is 11.1 Å². The number of carboxylic acids is 1. The molecule has 43 heavy (non-hydrogen) atoms. The highest BCUT2D eigenvalue weighted by atomic mass is 16.7. The van der Waals surface area contributed by atoms with E-state index in [2.05, 4.69) is 5.32 Å². The molecule has 14 N–H and O–H groups in total. The predicted molar refractivity (Wildman–Crippen MR) is 133 cm³/mol. The highest BCUT2D eigenvalue weighted by Crippen LogP contribution is 2.35. The molecule has 2 rings (SSSR count). The Hall–Kier alpha value is -1.99. The molecular weight excluding hydrogens is 592 g/mol. The molecule has 20 heteroatoms. The van der Waals surface area contributed by atoms with Gasteiger partial charge >= 0.3 is 5.97 Å². The average Bonchev–Trinajstić information content (AvgIpc) is 2.97. The Morgan fingerprint density at radius 3 is 2.16 bits per heavy atom. The summed E-state index contributed by atoms with van der Waals surface area (Å²) in [6, 6.07) is -3.13. The smallest absolute Gasteiger partial charge is 0.364 e. The second kappa shape index (κ2) is 15.8. The van der Waals surface area contributed by atoms with Gasteiger partial charge in [-0.15, -0.1) is 0 Å². The molecule has 2 heterocycles. The van der Waals surface area contributed by atoms with Gasteiger partial charge in [-0.1, -0.05) is 0 Å². The lowest BCUT2D eigenvalue weighted by atomic mass is 9.88. The Morgan fingerprint density at radius 1 is 1.05 bits per heavy atom. The van der Waals surface area contributed by atoms with Crippen molar-refractivity contribution in [2.45, 2.75) is 105 Å². The van der Waals surface area contributed by atoms with Crippen molar-refractivity contribution in [2.75, 3.05) is 19.8 Å². The molecule has 2 aliphatic heterocycles.